The second-order valence-corrected chi connectivity index (χ2v) is 4.79. The monoisotopic (exact) mass is 294 g/mol. The van der Waals surface area contributed by atoms with Crippen molar-refractivity contribution in [3.63, 3.8) is 0 Å². The van der Waals surface area contributed by atoms with E-state index in [1.54, 1.807) is 14.2 Å². The number of ether oxygens (including phenoxy) is 2. The summed E-state index contributed by atoms with van der Waals surface area (Å²) in [5.74, 6) is 1.47. The fourth-order valence-corrected chi connectivity index (χ4v) is 1.97. The second kappa shape index (κ2) is 10.0. The number of nitrogens with one attached hydrogen (secondary N) is 2. The molecule has 0 spiro atoms. The van der Waals surface area contributed by atoms with Crippen LogP contribution < -0.4 is 20.1 Å². The van der Waals surface area contributed by atoms with Crippen LogP contribution in [0.1, 0.15) is 25.3 Å². The molecule has 0 saturated carbocycles. The Kier molecular flexibility index (Phi) is 8.28. The molecule has 1 rings (SSSR count). The van der Waals surface area contributed by atoms with Gasteiger partial charge < -0.3 is 20.1 Å². The summed E-state index contributed by atoms with van der Waals surface area (Å²) in [7, 11) is 3.22. The third-order valence-electron chi connectivity index (χ3n) is 3.14. The number of methoxy groups -OCH3 is 2. The Hall–Kier alpha value is -1.75. The molecular formula is C16H26N2O3. The van der Waals surface area contributed by atoms with E-state index in [-0.39, 0.29) is 5.91 Å². The normalized spacial score (nSPS) is 10.2. The number of amides is 1. The molecule has 1 amide bonds. The van der Waals surface area contributed by atoms with E-state index in [1.165, 1.54) is 0 Å². The average molecular weight is 294 g/mol. The van der Waals surface area contributed by atoms with Crippen molar-refractivity contribution in [2.75, 3.05) is 33.9 Å². The highest BCUT2D eigenvalue weighted by Gasteiger charge is 2.06. The number of hydrogen-bond donors (Lipinski definition) is 2. The molecule has 0 aliphatic rings. The van der Waals surface area contributed by atoms with Gasteiger partial charge in [0.25, 0.3) is 0 Å². The molecule has 5 heteroatoms. The lowest BCUT2D eigenvalue weighted by atomic mass is 10.1. The van der Waals surface area contributed by atoms with Crippen LogP contribution >= 0.6 is 0 Å². The van der Waals surface area contributed by atoms with E-state index in [4.69, 9.17) is 9.47 Å². The molecule has 0 fully saturated rings. The fraction of sp³-hybridized carbons (Fsp3) is 0.562. The first-order chi connectivity index (χ1) is 10.2. The van der Waals surface area contributed by atoms with Crippen molar-refractivity contribution in [3.05, 3.63) is 23.8 Å². The minimum atomic E-state index is 0.0723. The molecule has 0 radical (unpaired) electrons. The topological polar surface area (TPSA) is 59.6 Å². The van der Waals surface area contributed by atoms with E-state index in [1.807, 2.05) is 18.2 Å². The predicted molar refractivity (Wildman–Crippen MR) is 84.0 cm³/mol. The third-order valence-corrected chi connectivity index (χ3v) is 3.14. The molecule has 5 nitrogen and oxygen atoms in total. The largest absolute Gasteiger partial charge is 0.493 e. The van der Waals surface area contributed by atoms with Gasteiger partial charge in [-0.1, -0.05) is 13.0 Å². The Labute approximate surface area is 127 Å². The van der Waals surface area contributed by atoms with Crippen LogP contribution in [-0.2, 0) is 11.2 Å². The van der Waals surface area contributed by atoms with Crippen LogP contribution in [0, 0.1) is 0 Å². The number of hydrogen-bond acceptors (Lipinski definition) is 4. The first-order valence-corrected chi connectivity index (χ1v) is 7.39. The number of benzene rings is 1. The zero-order chi connectivity index (χ0) is 15.5. The highest BCUT2D eigenvalue weighted by atomic mass is 16.5. The average Bonchev–Trinajstić information content (AvgIpc) is 2.52. The summed E-state index contributed by atoms with van der Waals surface area (Å²) in [6, 6.07) is 5.73. The minimum Gasteiger partial charge on any atom is -0.493 e. The van der Waals surface area contributed by atoms with Crippen LogP contribution in [0.3, 0.4) is 0 Å². The standard InChI is InChI=1S/C16H26N2O3/c1-4-9-17-10-11-18-16(19)8-6-13-5-7-14(20-2)15(12-13)21-3/h5,7,12,17H,4,6,8-11H2,1-3H3,(H,18,19). The summed E-state index contributed by atoms with van der Waals surface area (Å²) in [6.07, 6.45) is 2.27. The molecule has 2 N–H and O–H groups in total. The molecule has 1 aromatic rings. The predicted octanol–water partition coefficient (Wildman–Crippen LogP) is 1.75. The molecule has 0 atom stereocenters. The Morgan fingerprint density at radius 3 is 2.52 bits per heavy atom. The maximum absolute atomic E-state index is 11.7. The van der Waals surface area contributed by atoms with Gasteiger partial charge in [-0.15, -0.1) is 0 Å². The van der Waals surface area contributed by atoms with Crippen molar-refractivity contribution in [1.82, 2.24) is 10.6 Å². The van der Waals surface area contributed by atoms with Crippen molar-refractivity contribution in [1.29, 1.82) is 0 Å². The van der Waals surface area contributed by atoms with Gasteiger partial charge >= 0.3 is 0 Å². The van der Waals surface area contributed by atoms with E-state index in [9.17, 15) is 4.79 Å². The van der Waals surface area contributed by atoms with Gasteiger partial charge in [0.05, 0.1) is 14.2 Å². The smallest absolute Gasteiger partial charge is 0.220 e. The zero-order valence-corrected chi connectivity index (χ0v) is 13.2. The van der Waals surface area contributed by atoms with Gasteiger partial charge in [0, 0.05) is 19.5 Å². The first-order valence-electron chi connectivity index (χ1n) is 7.39. The minimum absolute atomic E-state index is 0.0723. The number of rotatable bonds is 10. The Balaban J connectivity index is 2.32. The summed E-state index contributed by atoms with van der Waals surface area (Å²) in [4.78, 5) is 11.7. The maximum Gasteiger partial charge on any atom is 0.220 e. The van der Waals surface area contributed by atoms with Gasteiger partial charge in [0.2, 0.25) is 5.91 Å². The van der Waals surface area contributed by atoms with Crippen LogP contribution in [0.15, 0.2) is 18.2 Å². The summed E-state index contributed by atoms with van der Waals surface area (Å²) < 4.78 is 10.4. The molecule has 1 aromatic carbocycles. The molecule has 0 aliphatic heterocycles. The fourth-order valence-electron chi connectivity index (χ4n) is 1.97. The van der Waals surface area contributed by atoms with Crippen molar-refractivity contribution in [2.45, 2.75) is 26.2 Å². The lowest BCUT2D eigenvalue weighted by Gasteiger charge is -2.10. The van der Waals surface area contributed by atoms with Gasteiger partial charge in [0.15, 0.2) is 11.5 Å². The summed E-state index contributed by atoms with van der Waals surface area (Å²) in [5.41, 5.74) is 1.06. The van der Waals surface area contributed by atoms with Crippen LogP contribution in [0.25, 0.3) is 0 Å². The van der Waals surface area contributed by atoms with Crippen molar-refractivity contribution >= 4 is 5.91 Å². The zero-order valence-electron chi connectivity index (χ0n) is 13.2. The molecule has 0 aromatic heterocycles. The summed E-state index contributed by atoms with van der Waals surface area (Å²) in [6.45, 7) is 4.59. The molecule has 0 unspecified atom stereocenters. The maximum atomic E-state index is 11.7. The van der Waals surface area contributed by atoms with Crippen LogP contribution in [0.5, 0.6) is 11.5 Å². The van der Waals surface area contributed by atoms with Gasteiger partial charge in [-0.3, -0.25) is 4.79 Å². The van der Waals surface area contributed by atoms with Crippen LogP contribution in [0.4, 0.5) is 0 Å². The quantitative estimate of drug-likeness (QED) is 0.646. The van der Waals surface area contributed by atoms with Crippen molar-refractivity contribution in [2.24, 2.45) is 0 Å². The molecule has 0 bridgehead atoms. The highest BCUT2D eigenvalue weighted by molar-refractivity contribution is 5.76. The summed E-state index contributed by atoms with van der Waals surface area (Å²) in [5, 5.41) is 6.15. The lowest BCUT2D eigenvalue weighted by molar-refractivity contribution is -0.121. The van der Waals surface area contributed by atoms with Crippen molar-refractivity contribution < 1.29 is 14.3 Å². The van der Waals surface area contributed by atoms with E-state index in [0.29, 0.717) is 30.9 Å². The van der Waals surface area contributed by atoms with Gasteiger partial charge in [0.1, 0.15) is 0 Å². The van der Waals surface area contributed by atoms with Gasteiger partial charge in [-0.05, 0) is 37.1 Å². The number of aryl methyl sites for hydroxylation is 1. The van der Waals surface area contributed by atoms with Gasteiger partial charge in [-0.25, -0.2) is 0 Å². The molecular weight excluding hydrogens is 268 g/mol. The SMILES string of the molecule is CCCNCCNC(=O)CCc1ccc(OC)c(OC)c1. The Bertz CT molecular complexity index is 436. The lowest BCUT2D eigenvalue weighted by Crippen LogP contribution is -2.32. The molecule has 0 aliphatic carbocycles. The van der Waals surface area contributed by atoms with E-state index in [2.05, 4.69) is 17.6 Å². The number of carbonyl (C=O) groups excluding carboxylic acids is 1. The van der Waals surface area contributed by atoms with Crippen LogP contribution in [-0.4, -0.2) is 39.8 Å². The highest BCUT2D eigenvalue weighted by Crippen LogP contribution is 2.27. The Morgan fingerprint density at radius 2 is 1.86 bits per heavy atom. The van der Waals surface area contributed by atoms with Crippen LogP contribution in [0.2, 0.25) is 0 Å². The van der Waals surface area contributed by atoms with Crippen molar-refractivity contribution in [3.8, 4) is 11.5 Å². The molecule has 118 valence electrons. The number of carbonyl (C=O) groups is 1. The molecule has 21 heavy (non-hydrogen) atoms. The third kappa shape index (κ3) is 6.49. The van der Waals surface area contributed by atoms with E-state index < -0.39 is 0 Å². The van der Waals surface area contributed by atoms with E-state index in [0.717, 1.165) is 25.1 Å². The molecule has 0 heterocycles. The first kappa shape index (κ1) is 17.3. The molecule has 0 saturated heterocycles. The van der Waals surface area contributed by atoms with E-state index >= 15 is 0 Å². The second-order valence-electron chi connectivity index (χ2n) is 4.79. The Morgan fingerprint density at radius 1 is 1.10 bits per heavy atom. The summed E-state index contributed by atoms with van der Waals surface area (Å²) >= 11 is 0. The van der Waals surface area contributed by atoms with Gasteiger partial charge in [-0.2, -0.15) is 0 Å².